The van der Waals surface area contributed by atoms with Crippen molar-refractivity contribution in [2.75, 3.05) is 6.61 Å². The molecule has 4 nitrogen and oxygen atoms in total. The van der Waals surface area contributed by atoms with E-state index in [9.17, 15) is 0 Å². The SMILES string of the molecule is CCOC(C1CC1)C(NN)c1ccc(C)nc1. The molecule has 1 fully saturated rings. The number of hydrogen-bond acceptors (Lipinski definition) is 4. The van der Waals surface area contributed by atoms with Crippen LogP contribution < -0.4 is 11.3 Å². The monoisotopic (exact) mass is 235 g/mol. The lowest BCUT2D eigenvalue weighted by molar-refractivity contribution is 0.0184. The number of nitrogens with one attached hydrogen (secondary N) is 1. The van der Waals surface area contributed by atoms with Gasteiger partial charge in [-0.3, -0.25) is 16.3 Å². The Morgan fingerprint density at radius 3 is 2.76 bits per heavy atom. The van der Waals surface area contributed by atoms with Gasteiger partial charge in [0.05, 0.1) is 12.1 Å². The van der Waals surface area contributed by atoms with E-state index in [-0.39, 0.29) is 12.1 Å². The predicted molar refractivity (Wildman–Crippen MR) is 67.2 cm³/mol. The number of hydrogen-bond donors (Lipinski definition) is 2. The predicted octanol–water partition coefficient (Wildman–Crippen LogP) is 1.71. The molecular weight excluding hydrogens is 214 g/mol. The molecule has 17 heavy (non-hydrogen) atoms. The average molecular weight is 235 g/mol. The van der Waals surface area contributed by atoms with E-state index in [0.717, 1.165) is 17.9 Å². The normalized spacial score (nSPS) is 19.0. The van der Waals surface area contributed by atoms with Crippen LogP contribution >= 0.6 is 0 Å². The van der Waals surface area contributed by atoms with Gasteiger partial charge in [0.1, 0.15) is 0 Å². The summed E-state index contributed by atoms with van der Waals surface area (Å²) in [6.45, 7) is 4.73. The molecule has 0 aromatic carbocycles. The van der Waals surface area contributed by atoms with Gasteiger partial charge in [0.15, 0.2) is 0 Å². The highest BCUT2D eigenvalue weighted by molar-refractivity contribution is 5.19. The van der Waals surface area contributed by atoms with Gasteiger partial charge in [-0.05, 0) is 44.2 Å². The van der Waals surface area contributed by atoms with Gasteiger partial charge in [0.25, 0.3) is 0 Å². The summed E-state index contributed by atoms with van der Waals surface area (Å²) in [4.78, 5) is 4.32. The first-order valence-electron chi connectivity index (χ1n) is 6.26. The molecule has 1 heterocycles. The minimum atomic E-state index is 0.0375. The fourth-order valence-corrected chi connectivity index (χ4v) is 2.17. The summed E-state index contributed by atoms with van der Waals surface area (Å²) in [7, 11) is 0. The van der Waals surface area contributed by atoms with Crippen molar-refractivity contribution in [3.8, 4) is 0 Å². The minimum Gasteiger partial charge on any atom is -0.376 e. The van der Waals surface area contributed by atoms with Crippen molar-refractivity contribution >= 4 is 0 Å². The maximum atomic E-state index is 5.83. The number of nitrogens with two attached hydrogens (primary N) is 1. The standard InChI is InChI=1S/C13H21N3O/c1-3-17-13(10-6-7-10)12(16-14)11-5-4-9(2)15-8-11/h4-5,8,10,12-13,16H,3,6-7,14H2,1-2H3. The Labute approximate surface area is 103 Å². The van der Waals surface area contributed by atoms with Gasteiger partial charge in [0.2, 0.25) is 0 Å². The van der Waals surface area contributed by atoms with Crippen molar-refractivity contribution in [3.05, 3.63) is 29.6 Å². The topological polar surface area (TPSA) is 60.2 Å². The summed E-state index contributed by atoms with van der Waals surface area (Å²) >= 11 is 0. The summed E-state index contributed by atoms with van der Waals surface area (Å²) in [5.41, 5.74) is 5.00. The van der Waals surface area contributed by atoms with E-state index in [1.807, 2.05) is 26.1 Å². The zero-order chi connectivity index (χ0) is 12.3. The number of aromatic nitrogens is 1. The van der Waals surface area contributed by atoms with Gasteiger partial charge in [-0.25, -0.2) is 0 Å². The van der Waals surface area contributed by atoms with E-state index in [2.05, 4.69) is 16.5 Å². The Kier molecular flexibility index (Phi) is 4.10. The van der Waals surface area contributed by atoms with Crippen LogP contribution in [-0.2, 0) is 4.74 Å². The van der Waals surface area contributed by atoms with Crippen molar-refractivity contribution < 1.29 is 4.74 Å². The van der Waals surface area contributed by atoms with E-state index in [4.69, 9.17) is 10.6 Å². The molecular formula is C13H21N3O. The Bertz CT molecular complexity index is 348. The van der Waals surface area contributed by atoms with Crippen LogP contribution in [0.4, 0.5) is 0 Å². The van der Waals surface area contributed by atoms with Crippen LogP contribution in [0.1, 0.15) is 37.1 Å². The number of ether oxygens (including phenoxy) is 1. The summed E-state index contributed by atoms with van der Waals surface area (Å²) in [5.74, 6) is 6.32. The molecule has 0 saturated heterocycles. The van der Waals surface area contributed by atoms with E-state index >= 15 is 0 Å². The third kappa shape index (κ3) is 3.03. The first kappa shape index (κ1) is 12.5. The molecule has 1 aliphatic rings. The van der Waals surface area contributed by atoms with Gasteiger partial charge < -0.3 is 4.74 Å². The summed E-state index contributed by atoms with van der Waals surface area (Å²) in [6, 6.07) is 4.12. The molecule has 1 aromatic rings. The highest BCUT2D eigenvalue weighted by atomic mass is 16.5. The van der Waals surface area contributed by atoms with E-state index in [0.29, 0.717) is 5.92 Å². The van der Waals surface area contributed by atoms with E-state index in [1.54, 1.807) is 0 Å². The molecule has 0 amide bonds. The largest absolute Gasteiger partial charge is 0.376 e. The van der Waals surface area contributed by atoms with Crippen LogP contribution in [0.2, 0.25) is 0 Å². The van der Waals surface area contributed by atoms with Gasteiger partial charge in [-0.15, -0.1) is 0 Å². The summed E-state index contributed by atoms with van der Waals surface area (Å²) in [6.07, 6.45) is 4.52. The van der Waals surface area contributed by atoms with Crippen LogP contribution in [-0.4, -0.2) is 17.7 Å². The number of nitrogens with zero attached hydrogens (tertiary/aromatic N) is 1. The number of pyridine rings is 1. The third-order valence-electron chi connectivity index (χ3n) is 3.25. The van der Waals surface area contributed by atoms with Crippen LogP contribution in [0.5, 0.6) is 0 Å². The molecule has 94 valence electrons. The van der Waals surface area contributed by atoms with E-state index < -0.39 is 0 Å². The number of hydrazine groups is 1. The molecule has 1 aromatic heterocycles. The van der Waals surface area contributed by atoms with Crippen molar-refractivity contribution in [3.63, 3.8) is 0 Å². The Morgan fingerprint density at radius 2 is 2.29 bits per heavy atom. The van der Waals surface area contributed by atoms with Gasteiger partial charge in [0, 0.05) is 18.5 Å². The third-order valence-corrected chi connectivity index (χ3v) is 3.25. The molecule has 4 heteroatoms. The lowest BCUT2D eigenvalue weighted by Crippen LogP contribution is -2.39. The van der Waals surface area contributed by atoms with E-state index in [1.165, 1.54) is 12.8 Å². The average Bonchev–Trinajstić information content (AvgIpc) is 3.15. The molecule has 2 atom stereocenters. The Morgan fingerprint density at radius 1 is 1.53 bits per heavy atom. The maximum Gasteiger partial charge on any atom is 0.0811 e. The lowest BCUT2D eigenvalue weighted by Gasteiger charge is -2.26. The molecule has 2 unspecified atom stereocenters. The van der Waals surface area contributed by atoms with Gasteiger partial charge in [-0.1, -0.05) is 6.07 Å². The smallest absolute Gasteiger partial charge is 0.0811 e. The fourth-order valence-electron chi connectivity index (χ4n) is 2.17. The summed E-state index contributed by atoms with van der Waals surface area (Å²) in [5, 5.41) is 0. The van der Waals surface area contributed by atoms with Crippen LogP contribution in [0.15, 0.2) is 18.3 Å². The van der Waals surface area contributed by atoms with Crippen molar-refractivity contribution in [2.24, 2.45) is 11.8 Å². The van der Waals surface area contributed by atoms with Crippen molar-refractivity contribution in [1.29, 1.82) is 0 Å². The second kappa shape index (κ2) is 5.58. The van der Waals surface area contributed by atoms with Crippen LogP contribution in [0.25, 0.3) is 0 Å². The minimum absolute atomic E-state index is 0.0375. The van der Waals surface area contributed by atoms with Crippen LogP contribution in [0.3, 0.4) is 0 Å². The second-order valence-corrected chi connectivity index (χ2v) is 4.63. The molecule has 1 aliphatic carbocycles. The quantitative estimate of drug-likeness (QED) is 0.582. The maximum absolute atomic E-state index is 5.83. The highest BCUT2D eigenvalue weighted by Crippen LogP contribution is 2.39. The zero-order valence-corrected chi connectivity index (χ0v) is 10.5. The Hall–Kier alpha value is -0.970. The fraction of sp³-hybridized carbons (Fsp3) is 0.615. The molecule has 0 radical (unpaired) electrons. The lowest BCUT2D eigenvalue weighted by atomic mass is 10.00. The first-order chi connectivity index (χ1) is 8.26. The molecule has 3 N–H and O–H groups in total. The number of rotatable bonds is 6. The van der Waals surface area contributed by atoms with Crippen molar-refractivity contribution in [2.45, 2.75) is 38.8 Å². The Balaban J connectivity index is 2.15. The zero-order valence-electron chi connectivity index (χ0n) is 10.5. The van der Waals surface area contributed by atoms with Crippen LogP contribution in [0, 0.1) is 12.8 Å². The second-order valence-electron chi connectivity index (χ2n) is 4.63. The van der Waals surface area contributed by atoms with Gasteiger partial charge >= 0.3 is 0 Å². The molecule has 2 rings (SSSR count). The molecule has 0 bridgehead atoms. The molecule has 0 spiro atoms. The van der Waals surface area contributed by atoms with Crippen molar-refractivity contribution in [1.82, 2.24) is 10.4 Å². The highest BCUT2D eigenvalue weighted by Gasteiger charge is 2.37. The number of aryl methyl sites for hydroxylation is 1. The molecule has 0 aliphatic heterocycles. The molecule has 1 saturated carbocycles. The first-order valence-corrected chi connectivity index (χ1v) is 6.26. The van der Waals surface area contributed by atoms with Gasteiger partial charge in [-0.2, -0.15) is 0 Å². The summed E-state index contributed by atoms with van der Waals surface area (Å²) < 4.78 is 5.83.